The van der Waals surface area contributed by atoms with Gasteiger partial charge in [0.05, 0.1) is 11.4 Å². The van der Waals surface area contributed by atoms with Crippen LogP contribution in [-0.4, -0.2) is 45.3 Å². The highest BCUT2D eigenvalue weighted by Gasteiger charge is 2.24. The van der Waals surface area contributed by atoms with Crippen LogP contribution in [0, 0.1) is 5.41 Å². The molecule has 1 amide bonds. The van der Waals surface area contributed by atoms with Crippen LogP contribution in [-0.2, 0) is 30.6 Å². The van der Waals surface area contributed by atoms with Gasteiger partial charge in [-0.25, -0.2) is 9.97 Å². The SMILES string of the molecule is N=C/C(CCCCC(=O)N1CCc2nc(NC3Cc4ccccc4C3)ncc2C1)=N\N. The van der Waals surface area contributed by atoms with Crippen molar-refractivity contribution in [2.45, 2.75) is 57.5 Å². The Morgan fingerprint density at radius 2 is 1.97 bits per heavy atom. The van der Waals surface area contributed by atoms with E-state index in [1.54, 1.807) is 0 Å². The summed E-state index contributed by atoms with van der Waals surface area (Å²) in [7, 11) is 0. The topological polar surface area (TPSA) is 120 Å². The average molecular weight is 420 g/mol. The molecule has 0 fully saturated rings. The lowest BCUT2D eigenvalue weighted by Crippen LogP contribution is -2.36. The molecule has 1 aliphatic carbocycles. The largest absolute Gasteiger partial charge is 0.351 e. The molecule has 2 heterocycles. The van der Waals surface area contributed by atoms with Crippen molar-refractivity contribution in [2.24, 2.45) is 10.9 Å². The molecule has 0 atom stereocenters. The summed E-state index contributed by atoms with van der Waals surface area (Å²) in [5.41, 5.74) is 5.42. The number of aromatic nitrogens is 2. The first-order valence-corrected chi connectivity index (χ1v) is 10.9. The third kappa shape index (κ3) is 5.07. The maximum absolute atomic E-state index is 12.6. The van der Waals surface area contributed by atoms with Crippen LogP contribution >= 0.6 is 0 Å². The van der Waals surface area contributed by atoms with E-state index in [4.69, 9.17) is 16.2 Å². The molecule has 1 aromatic carbocycles. The molecule has 0 radical (unpaired) electrons. The van der Waals surface area contributed by atoms with E-state index >= 15 is 0 Å². The molecule has 1 aliphatic heterocycles. The van der Waals surface area contributed by atoms with Gasteiger partial charge in [0.1, 0.15) is 0 Å². The highest BCUT2D eigenvalue weighted by molar-refractivity contribution is 6.29. The Kier molecular flexibility index (Phi) is 6.54. The van der Waals surface area contributed by atoms with Crippen LogP contribution in [0.15, 0.2) is 35.6 Å². The summed E-state index contributed by atoms with van der Waals surface area (Å²) >= 11 is 0. The first kappa shape index (κ1) is 21.0. The standard InChI is InChI=1S/C23H29N7O/c24-13-19(29-25)7-3-4-8-22(31)30-10-9-21-18(15-30)14-26-23(28-21)27-20-11-16-5-1-2-6-17(16)12-20/h1-2,5-6,13-14,20,24H,3-4,7-12,15,25H2,(H,26,27,28)/b24-13?,29-19-. The van der Waals surface area contributed by atoms with Gasteiger partial charge in [-0.05, 0) is 43.2 Å². The minimum Gasteiger partial charge on any atom is -0.351 e. The molecule has 4 rings (SSSR count). The average Bonchev–Trinajstić information content (AvgIpc) is 3.21. The molecule has 0 saturated carbocycles. The van der Waals surface area contributed by atoms with Gasteiger partial charge in [-0.2, -0.15) is 5.10 Å². The van der Waals surface area contributed by atoms with Crippen molar-refractivity contribution in [3.63, 3.8) is 0 Å². The summed E-state index contributed by atoms with van der Waals surface area (Å²) in [6.07, 6.45) is 8.46. The fourth-order valence-corrected chi connectivity index (χ4v) is 4.36. The molecule has 8 nitrogen and oxygen atoms in total. The van der Waals surface area contributed by atoms with Crippen molar-refractivity contribution < 1.29 is 4.79 Å². The maximum Gasteiger partial charge on any atom is 0.223 e. The second-order valence-corrected chi connectivity index (χ2v) is 8.22. The third-order valence-corrected chi connectivity index (χ3v) is 6.08. The summed E-state index contributed by atoms with van der Waals surface area (Å²) in [6, 6.07) is 8.88. The van der Waals surface area contributed by atoms with Gasteiger partial charge in [-0.3, -0.25) is 4.79 Å². The summed E-state index contributed by atoms with van der Waals surface area (Å²) < 4.78 is 0. The summed E-state index contributed by atoms with van der Waals surface area (Å²) in [4.78, 5) is 23.7. The van der Waals surface area contributed by atoms with Gasteiger partial charge in [-0.15, -0.1) is 0 Å². The van der Waals surface area contributed by atoms with Crippen molar-refractivity contribution in [3.05, 3.63) is 52.8 Å². The fourth-order valence-electron chi connectivity index (χ4n) is 4.36. The third-order valence-electron chi connectivity index (χ3n) is 6.08. The number of anilines is 1. The highest BCUT2D eigenvalue weighted by Crippen LogP contribution is 2.24. The zero-order valence-corrected chi connectivity index (χ0v) is 17.7. The number of nitrogens with one attached hydrogen (secondary N) is 2. The number of hydrogen-bond donors (Lipinski definition) is 3. The Morgan fingerprint density at radius 1 is 1.23 bits per heavy atom. The Bertz CT molecular complexity index is 963. The van der Waals surface area contributed by atoms with E-state index in [-0.39, 0.29) is 5.91 Å². The molecular formula is C23H29N7O. The number of nitrogens with two attached hydrogens (primary N) is 1. The van der Waals surface area contributed by atoms with Crippen LogP contribution in [0.1, 0.15) is 48.1 Å². The van der Waals surface area contributed by atoms with E-state index in [9.17, 15) is 4.79 Å². The Labute approximate surface area is 182 Å². The lowest BCUT2D eigenvalue weighted by molar-refractivity contribution is -0.132. The molecule has 8 heteroatoms. The number of carbonyl (C=O) groups is 1. The molecule has 1 aromatic heterocycles. The van der Waals surface area contributed by atoms with Crippen LogP contribution in [0.2, 0.25) is 0 Å². The van der Waals surface area contributed by atoms with E-state index in [0.29, 0.717) is 43.6 Å². The second-order valence-electron chi connectivity index (χ2n) is 8.22. The molecule has 2 aromatic rings. The van der Waals surface area contributed by atoms with Gasteiger partial charge < -0.3 is 21.5 Å². The molecule has 31 heavy (non-hydrogen) atoms. The first-order valence-electron chi connectivity index (χ1n) is 10.9. The maximum atomic E-state index is 12.6. The van der Waals surface area contributed by atoms with Gasteiger partial charge in [0.15, 0.2) is 0 Å². The summed E-state index contributed by atoms with van der Waals surface area (Å²) in [6.45, 7) is 1.26. The second kappa shape index (κ2) is 9.68. The van der Waals surface area contributed by atoms with E-state index in [1.165, 1.54) is 11.1 Å². The van der Waals surface area contributed by atoms with Crippen molar-refractivity contribution >= 4 is 23.8 Å². The molecule has 0 saturated heterocycles. The van der Waals surface area contributed by atoms with Gasteiger partial charge in [-0.1, -0.05) is 24.3 Å². The van der Waals surface area contributed by atoms with E-state index < -0.39 is 0 Å². The van der Waals surface area contributed by atoms with Crippen molar-refractivity contribution in [1.82, 2.24) is 14.9 Å². The molecule has 0 bridgehead atoms. The zero-order chi connectivity index (χ0) is 21.6. The number of benzene rings is 1. The smallest absolute Gasteiger partial charge is 0.223 e. The van der Waals surface area contributed by atoms with Crippen LogP contribution in [0.4, 0.5) is 5.95 Å². The quantitative estimate of drug-likeness (QED) is 0.263. The highest BCUT2D eigenvalue weighted by atomic mass is 16.2. The summed E-state index contributed by atoms with van der Waals surface area (Å²) in [5.74, 6) is 6.04. The monoisotopic (exact) mass is 419 g/mol. The van der Waals surface area contributed by atoms with Crippen LogP contribution < -0.4 is 11.2 Å². The number of hydrogen-bond acceptors (Lipinski definition) is 7. The predicted molar refractivity (Wildman–Crippen MR) is 121 cm³/mol. The number of carbonyl (C=O) groups excluding carboxylic acids is 1. The van der Waals surface area contributed by atoms with Gasteiger partial charge in [0.2, 0.25) is 11.9 Å². The molecule has 0 spiro atoms. The molecule has 162 valence electrons. The van der Waals surface area contributed by atoms with Gasteiger partial charge in [0, 0.05) is 49.9 Å². The van der Waals surface area contributed by atoms with Crippen LogP contribution in [0.5, 0.6) is 0 Å². The molecular weight excluding hydrogens is 390 g/mol. The number of amides is 1. The predicted octanol–water partition coefficient (Wildman–Crippen LogP) is 2.47. The zero-order valence-electron chi connectivity index (χ0n) is 17.7. The number of unbranched alkanes of at least 4 members (excludes halogenated alkanes) is 1. The number of hydrazone groups is 1. The van der Waals surface area contributed by atoms with Gasteiger partial charge in [0.25, 0.3) is 0 Å². The number of nitrogens with zero attached hydrogens (tertiary/aromatic N) is 4. The van der Waals surface area contributed by atoms with Crippen molar-refractivity contribution in [2.75, 3.05) is 11.9 Å². The minimum atomic E-state index is 0.151. The summed E-state index contributed by atoms with van der Waals surface area (Å²) in [5, 5.41) is 14.2. The van der Waals surface area contributed by atoms with E-state index in [2.05, 4.69) is 39.7 Å². The fraction of sp³-hybridized carbons (Fsp3) is 0.435. The van der Waals surface area contributed by atoms with Crippen LogP contribution in [0.25, 0.3) is 0 Å². The lowest BCUT2D eigenvalue weighted by atomic mass is 10.1. The van der Waals surface area contributed by atoms with Crippen LogP contribution in [0.3, 0.4) is 0 Å². The van der Waals surface area contributed by atoms with E-state index in [0.717, 1.165) is 49.6 Å². The Balaban J connectivity index is 1.27. The first-order chi connectivity index (χ1) is 15.2. The Morgan fingerprint density at radius 3 is 2.68 bits per heavy atom. The van der Waals surface area contributed by atoms with E-state index in [1.807, 2.05) is 11.1 Å². The van der Waals surface area contributed by atoms with Gasteiger partial charge >= 0.3 is 0 Å². The Hall–Kier alpha value is -3.29. The lowest BCUT2D eigenvalue weighted by Gasteiger charge is -2.28. The molecule has 4 N–H and O–H groups in total. The van der Waals surface area contributed by atoms with Crippen molar-refractivity contribution in [1.29, 1.82) is 5.41 Å². The molecule has 0 unspecified atom stereocenters. The normalized spacial score (nSPS) is 16.0. The van der Waals surface area contributed by atoms with Crippen molar-refractivity contribution in [3.8, 4) is 0 Å². The number of rotatable bonds is 8. The minimum absolute atomic E-state index is 0.151. The number of fused-ring (bicyclic) bond motifs is 2. The molecule has 2 aliphatic rings.